The maximum absolute atomic E-state index is 6.23. The maximum atomic E-state index is 6.23. The van der Waals surface area contributed by atoms with Gasteiger partial charge in [0.2, 0.25) is 0 Å². The first kappa shape index (κ1) is 14.7. The summed E-state index contributed by atoms with van der Waals surface area (Å²) < 4.78 is 11.8. The molecule has 116 valence electrons. The Labute approximate surface area is 127 Å². The smallest absolute Gasteiger partial charge is 0.164 e. The normalized spacial score (nSPS) is 21.0. The topological polar surface area (TPSA) is 33.7 Å². The van der Waals surface area contributed by atoms with E-state index in [4.69, 9.17) is 9.47 Å². The van der Waals surface area contributed by atoms with Crippen LogP contribution in [0.1, 0.15) is 18.4 Å². The first-order valence-electron chi connectivity index (χ1n) is 7.98. The zero-order chi connectivity index (χ0) is 14.7. The predicted molar refractivity (Wildman–Crippen MR) is 84.2 cm³/mol. The highest BCUT2D eigenvalue weighted by Gasteiger charge is 2.27. The predicted octanol–water partition coefficient (Wildman–Crippen LogP) is 1.93. The molecule has 0 spiro atoms. The summed E-state index contributed by atoms with van der Waals surface area (Å²) in [6.45, 7) is 4.28. The van der Waals surface area contributed by atoms with E-state index in [-0.39, 0.29) is 0 Å². The molecule has 0 radical (unpaired) electrons. The molecule has 4 nitrogen and oxygen atoms in total. The summed E-state index contributed by atoms with van der Waals surface area (Å²) in [5.41, 5.74) is 1.30. The zero-order valence-electron chi connectivity index (χ0n) is 13.1. The SMILES string of the molecule is COc1cccc(CC2CCNCC2)c1OC1CN(C)C1. The highest BCUT2D eigenvalue weighted by atomic mass is 16.5. The van der Waals surface area contributed by atoms with Crippen LogP contribution < -0.4 is 14.8 Å². The molecule has 0 aliphatic carbocycles. The molecule has 0 unspecified atom stereocenters. The maximum Gasteiger partial charge on any atom is 0.164 e. The fourth-order valence-corrected chi connectivity index (χ4v) is 3.30. The first-order chi connectivity index (χ1) is 10.3. The van der Waals surface area contributed by atoms with Crippen LogP contribution in [-0.4, -0.2) is 51.3 Å². The number of likely N-dealkylation sites (tertiary alicyclic amines) is 1. The van der Waals surface area contributed by atoms with Gasteiger partial charge in [-0.2, -0.15) is 0 Å². The number of nitrogens with one attached hydrogen (secondary N) is 1. The molecule has 1 aromatic rings. The third-order valence-corrected chi connectivity index (χ3v) is 4.56. The lowest BCUT2D eigenvalue weighted by atomic mass is 9.90. The number of methoxy groups -OCH3 is 1. The Morgan fingerprint density at radius 3 is 2.67 bits per heavy atom. The molecule has 3 rings (SSSR count). The Balaban J connectivity index is 1.74. The number of piperidine rings is 1. The molecule has 1 N–H and O–H groups in total. The standard InChI is InChI=1S/C17H26N2O2/c1-19-11-15(12-19)21-17-14(4-3-5-16(17)20-2)10-13-6-8-18-9-7-13/h3-5,13,15,18H,6-12H2,1-2H3. The molecule has 0 amide bonds. The second-order valence-electron chi connectivity index (χ2n) is 6.31. The summed E-state index contributed by atoms with van der Waals surface area (Å²) in [5.74, 6) is 2.59. The van der Waals surface area contributed by atoms with Gasteiger partial charge < -0.3 is 14.8 Å². The van der Waals surface area contributed by atoms with Crippen LogP contribution in [0.25, 0.3) is 0 Å². The van der Waals surface area contributed by atoms with E-state index in [9.17, 15) is 0 Å². The minimum atomic E-state index is 0.304. The first-order valence-corrected chi connectivity index (χ1v) is 7.98. The van der Waals surface area contributed by atoms with Gasteiger partial charge in [0.05, 0.1) is 7.11 Å². The van der Waals surface area contributed by atoms with Gasteiger partial charge in [-0.3, -0.25) is 4.90 Å². The molecule has 1 aromatic carbocycles. The summed E-state index contributed by atoms with van der Waals surface area (Å²) in [6, 6.07) is 6.28. The number of likely N-dealkylation sites (N-methyl/N-ethyl adjacent to an activating group) is 1. The molecule has 0 saturated carbocycles. The lowest BCUT2D eigenvalue weighted by Crippen LogP contribution is -2.51. The van der Waals surface area contributed by atoms with Crippen LogP contribution in [-0.2, 0) is 6.42 Å². The number of ether oxygens (including phenoxy) is 2. The van der Waals surface area contributed by atoms with Crippen LogP contribution >= 0.6 is 0 Å². The van der Waals surface area contributed by atoms with Crippen LogP contribution in [0.4, 0.5) is 0 Å². The summed E-state index contributed by atoms with van der Waals surface area (Å²) in [5, 5.41) is 3.43. The molecule has 21 heavy (non-hydrogen) atoms. The average Bonchev–Trinajstić information content (AvgIpc) is 2.48. The largest absolute Gasteiger partial charge is 0.493 e. The quantitative estimate of drug-likeness (QED) is 0.898. The van der Waals surface area contributed by atoms with E-state index in [2.05, 4.69) is 29.4 Å². The molecule has 2 aliphatic rings. The Morgan fingerprint density at radius 2 is 2.00 bits per heavy atom. The molecular weight excluding hydrogens is 264 g/mol. The molecule has 0 atom stereocenters. The van der Waals surface area contributed by atoms with Gasteiger partial charge in [0.25, 0.3) is 0 Å². The third kappa shape index (κ3) is 3.50. The van der Waals surface area contributed by atoms with E-state index in [0.717, 1.165) is 50.0 Å². The number of benzene rings is 1. The average molecular weight is 290 g/mol. The van der Waals surface area contributed by atoms with Crippen molar-refractivity contribution in [1.29, 1.82) is 0 Å². The van der Waals surface area contributed by atoms with Gasteiger partial charge in [0.15, 0.2) is 11.5 Å². The second-order valence-corrected chi connectivity index (χ2v) is 6.31. The summed E-state index contributed by atoms with van der Waals surface area (Å²) in [7, 11) is 3.85. The number of hydrogen-bond donors (Lipinski definition) is 1. The van der Waals surface area contributed by atoms with Gasteiger partial charge >= 0.3 is 0 Å². The summed E-state index contributed by atoms with van der Waals surface area (Å²) in [6.07, 6.45) is 3.90. The lowest BCUT2D eigenvalue weighted by molar-refractivity contribution is 0.0360. The molecule has 2 saturated heterocycles. The monoisotopic (exact) mass is 290 g/mol. The zero-order valence-corrected chi connectivity index (χ0v) is 13.1. The van der Waals surface area contributed by atoms with Crippen molar-refractivity contribution in [1.82, 2.24) is 10.2 Å². The molecular formula is C17H26N2O2. The van der Waals surface area contributed by atoms with E-state index in [1.54, 1.807) is 7.11 Å². The number of hydrogen-bond acceptors (Lipinski definition) is 4. The fourth-order valence-electron chi connectivity index (χ4n) is 3.30. The summed E-state index contributed by atoms with van der Waals surface area (Å²) in [4.78, 5) is 2.27. The number of para-hydroxylation sites is 1. The molecule has 2 aliphatic heterocycles. The fraction of sp³-hybridized carbons (Fsp3) is 0.647. The summed E-state index contributed by atoms with van der Waals surface area (Å²) >= 11 is 0. The van der Waals surface area contributed by atoms with Crippen molar-refractivity contribution in [3.8, 4) is 11.5 Å². The van der Waals surface area contributed by atoms with E-state index in [1.165, 1.54) is 18.4 Å². The molecule has 2 fully saturated rings. The second kappa shape index (κ2) is 6.67. The minimum Gasteiger partial charge on any atom is -0.493 e. The van der Waals surface area contributed by atoms with E-state index < -0.39 is 0 Å². The Hall–Kier alpha value is -1.26. The van der Waals surface area contributed by atoms with Crippen molar-refractivity contribution in [3.05, 3.63) is 23.8 Å². The minimum absolute atomic E-state index is 0.304. The van der Waals surface area contributed by atoms with Crippen LogP contribution in [0.5, 0.6) is 11.5 Å². The van der Waals surface area contributed by atoms with Crippen molar-refractivity contribution >= 4 is 0 Å². The molecule has 0 bridgehead atoms. The van der Waals surface area contributed by atoms with Crippen LogP contribution in [0.3, 0.4) is 0 Å². The van der Waals surface area contributed by atoms with Crippen molar-refractivity contribution < 1.29 is 9.47 Å². The number of rotatable bonds is 5. The highest BCUT2D eigenvalue weighted by molar-refractivity contribution is 5.47. The molecule has 4 heteroatoms. The van der Waals surface area contributed by atoms with Crippen molar-refractivity contribution in [3.63, 3.8) is 0 Å². The third-order valence-electron chi connectivity index (χ3n) is 4.56. The van der Waals surface area contributed by atoms with E-state index >= 15 is 0 Å². The molecule has 2 heterocycles. The van der Waals surface area contributed by atoms with E-state index in [1.807, 2.05) is 6.07 Å². The molecule has 0 aromatic heterocycles. The van der Waals surface area contributed by atoms with Crippen LogP contribution in [0, 0.1) is 5.92 Å². The van der Waals surface area contributed by atoms with Crippen LogP contribution in [0.2, 0.25) is 0 Å². The Morgan fingerprint density at radius 1 is 1.24 bits per heavy atom. The van der Waals surface area contributed by atoms with Gasteiger partial charge in [-0.1, -0.05) is 12.1 Å². The highest BCUT2D eigenvalue weighted by Crippen LogP contribution is 2.35. The van der Waals surface area contributed by atoms with E-state index in [0.29, 0.717) is 6.10 Å². The van der Waals surface area contributed by atoms with Crippen molar-refractivity contribution in [2.75, 3.05) is 40.3 Å². The number of nitrogens with zero attached hydrogens (tertiary/aromatic N) is 1. The van der Waals surface area contributed by atoms with Gasteiger partial charge in [0, 0.05) is 13.1 Å². The van der Waals surface area contributed by atoms with Crippen molar-refractivity contribution in [2.24, 2.45) is 5.92 Å². The van der Waals surface area contributed by atoms with Gasteiger partial charge in [-0.25, -0.2) is 0 Å². The Kier molecular flexibility index (Phi) is 4.66. The van der Waals surface area contributed by atoms with Gasteiger partial charge in [0.1, 0.15) is 6.10 Å². The van der Waals surface area contributed by atoms with Gasteiger partial charge in [-0.05, 0) is 56.9 Å². The lowest BCUT2D eigenvalue weighted by Gasteiger charge is -2.37. The van der Waals surface area contributed by atoms with Crippen molar-refractivity contribution in [2.45, 2.75) is 25.4 Å². The Bertz CT molecular complexity index is 466. The van der Waals surface area contributed by atoms with Gasteiger partial charge in [-0.15, -0.1) is 0 Å². The van der Waals surface area contributed by atoms with Crippen LogP contribution in [0.15, 0.2) is 18.2 Å².